The van der Waals surface area contributed by atoms with Crippen LogP contribution in [0.3, 0.4) is 0 Å². The molecule has 9 heteroatoms. The number of nitrogens with one attached hydrogen (secondary N) is 2. The summed E-state index contributed by atoms with van der Waals surface area (Å²) in [4.78, 5) is 12.5. The molecule has 136 valence electrons. The Balaban J connectivity index is 2.17. The fraction of sp³-hybridized carbons (Fsp3) is 0.375. The summed E-state index contributed by atoms with van der Waals surface area (Å²) in [7, 11) is 1.72. The quantitative estimate of drug-likeness (QED) is 0.825. The van der Waals surface area contributed by atoms with Gasteiger partial charge in [-0.3, -0.25) is 9.48 Å². The molecule has 1 heterocycles. The third-order valence-electron chi connectivity index (χ3n) is 3.52. The van der Waals surface area contributed by atoms with Gasteiger partial charge in [-0.15, -0.1) is 0 Å². The zero-order valence-electron chi connectivity index (χ0n) is 13.9. The van der Waals surface area contributed by atoms with Crippen LogP contribution in [-0.2, 0) is 18.0 Å². The lowest BCUT2D eigenvalue weighted by molar-refractivity contribution is -0.137. The average Bonchev–Trinajstić information content (AvgIpc) is 2.89. The van der Waals surface area contributed by atoms with Crippen LogP contribution >= 0.6 is 11.6 Å². The van der Waals surface area contributed by atoms with Crippen LogP contribution < -0.4 is 10.6 Å². The van der Waals surface area contributed by atoms with Gasteiger partial charge < -0.3 is 10.6 Å². The highest BCUT2D eigenvalue weighted by atomic mass is 35.5. The highest BCUT2D eigenvalue weighted by Gasteiger charge is 2.31. The van der Waals surface area contributed by atoms with Crippen LogP contribution in [0.2, 0.25) is 5.02 Å². The van der Waals surface area contributed by atoms with Crippen molar-refractivity contribution >= 4 is 29.0 Å². The number of alkyl halides is 3. The molecule has 0 aliphatic rings. The number of anilines is 2. The molecule has 1 atom stereocenters. The molecule has 0 saturated carbocycles. The Morgan fingerprint density at radius 3 is 2.44 bits per heavy atom. The van der Waals surface area contributed by atoms with Gasteiger partial charge in [0.25, 0.3) is 0 Å². The standard InChI is InChI=1S/C16H18ClF3N4O/c1-9(2)14(15(25)22-13-6-7-24(3)23-13)21-12-5-4-10(8-11(12)17)16(18,19)20/h4-9,14,21H,1-3H3,(H,22,23,25)/t14-/m1/s1. The summed E-state index contributed by atoms with van der Waals surface area (Å²) in [5.74, 6) is -0.106. The molecule has 5 nitrogen and oxygen atoms in total. The molecule has 0 fully saturated rings. The first-order valence-electron chi connectivity index (χ1n) is 7.51. The number of aryl methyl sites for hydroxylation is 1. The number of carbonyl (C=O) groups is 1. The van der Waals surface area contributed by atoms with Gasteiger partial charge in [-0.1, -0.05) is 25.4 Å². The summed E-state index contributed by atoms with van der Waals surface area (Å²) in [5, 5.41) is 9.53. The Bertz CT molecular complexity index is 758. The van der Waals surface area contributed by atoms with E-state index in [1.807, 2.05) is 13.8 Å². The van der Waals surface area contributed by atoms with Crippen molar-refractivity contribution in [2.75, 3.05) is 10.6 Å². The Labute approximate surface area is 148 Å². The smallest absolute Gasteiger partial charge is 0.372 e. The molecule has 1 aromatic heterocycles. The average molecular weight is 375 g/mol. The van der Waals surface area contributed by atoms with Crippen LogP contribution in [0.5, 0.6) is 0 Å². The molecule has 2 aromatic rings. The number of rotatable bonds is 5. The van der Waals surface area contributed by atoms with Crippen molar-refractivity contribution in [2.24, 2.45) is 13.0 Å². The number of halogens is 4. The van der Waals surface area contributed by atoms with Gasteiger partial charge in [0.05, 0.1) is 16.3 Å². The molecule has 0 unspecified atom stereocenters. The minimum Gasteiger partial charge on any atom is -0.372 e. The van der Waals surface area contributed by atoms with Gasteiger partial charge in [0, 0.05) is 19.3 Å². The number of benzene rings is 1. The third-order valence-corrected chi connectivity index (χ3v) is 3.83. The topological polar surface area (TPSA) is 59.0 Å². The van der Waals surface area contributed by atoms with E-state index in [2.05, 4.69) is 15.7 Å². The molecule has 2 rings (SSSR count). The van der Waals surface area contributed by atoms with E-state index >= 15 is 0 Å². The molecule has 0 saturated heterocycles. The highest BCUT2D eigenvalue weighted by Crippen LogP contribution is 2.34. The first-order valence-corrected chi connectivity index (χ1v) is 7.89. The maximum atomic E-state index is 12.7. The zero-order valence-corrected chi connectivity index (χ0v) is 14.6. The van der Waals surface area contributed by atoms with E-state index in [-0.39, 0.29) is 22.5 Å². The van der Waals surface area contributed by atoms with E-state index in [1.165, 1.54) is 6.07 Å². The van der Waals surface area contributed by atoms with Gasteiger partial charge >= 0.3 is 6.18 Å². The van der Waals surface area contributed by atoms with Crippen molar-refractivity contribution in [3.8, 4) is 0 Å². The summed E-state index contributed by atoms with van der Waals surface area (Å²) >= 11 is 5.94. The van der Waals surface area contributed by atoms with Crippen LogP contribution in [-0.4, -0.2) is 21.7 Å². The summed E-state index contributed by atoms with van der Waals surface area (Å²) in [6, 6.07) is 3.91. The normalized spacial score (nSPS) is 13.0. The highest BCUT2D eigenvalue weighted by molar-refractivity contribution is 6.33. The molecular weight excluding hydrogens is 357 g/mol. The monoisotopic (exact) mass is 374 g/mol. The van der Waals surface area contributed by atoms with Crippen molar-refractivity contribution in [3.05, 3.63) is 41.0 Å². The number of carbonyl (C=O) groups excluding carboxylic acids is 1. The van der Waals surface area contributed by atoms with Crippen molar-refractivity contribution in [2.45, 2.75) is 26.1 Å². The van der Waals surface area contributed by atoms with Gasteiger partial charge in [-0.2, -0.15) is 18.3 Å². The lowest BCUT2D eigenvalue weighted by Crippen LogP contribution is -2.39. The summed E-state index contributed by atoms with van der Waals surface area (Å²) in [5.41, 5.74) is -0.591. The van der Waals surface area contributed by atoms with Crippen LogP contribution in [0, 0.1) is 5.92 Å². The number of aromatic nitrogens is 2. The van der Waals surface area contributed by atoms with E-state index in [0.29, 0.717) is 5.82 Å². The van der Waals surface area contributed by atoms with E-state index in [1.54, 1.807) is 24.0 Å². The first-order chi connectivity index (χ1) is 11.6. The van der Waals surface area contributed by atoms with Gasteiger partial charge in [0.15, 0.2) is 5.82 Å². The molecule has 1 amide bonds. The second kappa shape index (κ2) is 7.35. The van der Waals surface area contributed by atoms with Gasteiger partial charge in [-0.05, 0) is 24.1 Å². The van der Waals surface area contributed by atoms with Crippen LogP contribution in [0.1, 0.15) is 19.4 Å². The minimum absolute atomic E-state index is 0.105. The van der Waals surface area contributed by atoms with E-state index in [9.17, 15) is 18.0 Å². The van der Waals surface area contributed by atoms with Crippen LogP contribution in [0.25, 0.3) is 0 Å². The van der Waals surface area contributed by atoms with Gasteiger partial charge in [0.2, 0.25) is 5.91 Å². The maximum Gasteiger partial charge on any atom is 0.416 e. The summed E-state index contributed by atoms with van der Waals surface area (Å²) < 4.78 is 39.7. The molecular formula is C16H18ClF3N4O. The van der Waals surface area contributed by atoms with Gasteiger partial charge in [-0.25, -0.2) is 0 Å². The molecule has 1 aromatic carbocycles. The van der Waals surface area contributed by atoms with Crippen LogP contribution in [0.4, 0.5) is 24.7 Å². The fourth-order valence-electron chi connectivity index (χ4n) is 2.20. The largest absolute Gasteiger partial charge is 0.416 e. The number of nitrogens with zero attached hydrogens (tertiary/aromatic N) is 2. The van der Waals surface area contributed by atoms with Crippen molar-refractivity contribution < 1.29 is 18.0 Å². The molecule has 0 aliphatic heterocycles. The second-order valence-electron chi connectivity index (χ2n) is 5.92. The predicted molar refractivity (Wildman–Crippen MR) is 90.5 cm³/mol. The van der Waals surface area contributed by atoms with Crippen molar-refractivity contribution in [1.29, 1.82) is 0 Å². The lowest BCUT2D eigenvalue weighted by Gasteiger charge is -2.23. The molecule has 2 N–H and O–H groups in total. The number of hydrogen-bond acceptors (Lipinski definition) is 3. The van der Waals surface area contributed by atoms with Crippen molar-refractivity contribution in [3.63, 3.8) is 0 Å². The molecule has 25 heavy (non-hydrogen) atoms. The van der Waals surface area contributed by atoms with Crippen LogP contribution in [0.15, 0.2) is 30.5 Å². The molecule has 0 bridgehead atoms. The Morgan fingerprint density at radius 2 is 1.96 bits per heavy atom. The number of amides is 1. The predicted octanol–water partition coefficient (Wildman–Crippen LogP) is 4.17. The molecule has 0 aliphatic carbocycles. The van der Waals surface area contributed by atoms with Crippen molar-refractivity contribution in [1.82, 2.24) is 9.78 Å². The van der Waals surface area contributed by atoms with Gasteiger partial charge in [0.1, 0.15) is 6.04 Å². The summed E-state index contributed by atoms with van der Waals surface area (Å²) in [6.45, 7) is 3.63. The molecule has 0 radical (unpaired) electrons. The van der Waals surface area contributed by atoms with E-state index < -0.39 is 17.8 Å². The summed E-state index contributed by atoms with van der Waals surface area (Å²) in [6.07, 6.45) is -2.80. The Kier molecular flexibility index (Phi) is 5.62. The zero-order chi connectivity index (χ0) is 18.8. The van der Waals surface area contributed by atoms with E-state index in [4.69, 9.17) is 11.6 Å². The Hall–Kier alpha value is -2.22. The Morgan fingerprint density at radius 1 is 1.28 bits per heavy atom. The lowest BCUT2D eigenvalue weighted by atomic mass is 10.0. The maximum absolute atomic E-state index is 12.7. The third kappa shape index (κ3) is 4.88. The number of hydrogen-bond donors (Lipinski definition) is 2. The van der Waals surface area contributed by atoms with E-state index in [0.717, 1.165) is 12.1 Å². The second-order valence-corrected chi connectivity index (χ2v) is 6.33. The first kappa shape index (κ1) is 19.1. The SMILES string of the molecule is CC(C)[C@@H](Nc1ccc(C(F)(F)F)cc1Cl)C(=O)Nc1ccn(C)n1. The minimum atomic E-state index is -4.48. The fourth-order valence-corrected chi connectivity index (χ4v) is 2.43. The molecule has 0 spiro atoms.